The van der Waals surface area contributed by atoms with E-state index in [1.165, 1.54) is 83.5 Å². The van der Waals surface area contributed by atoms with Gasteiger partial charge in [-0.05, 0) is 50.7 Å². The number of para-hydroxylation sites is 1. The van der Waals surface area contributed by atoms with Crippen LogP contribution >= 0.6 is 11.6 Å². The summed E-state index contributed by atoms with van der Waals surface area (Å²) in [5.41, 5.74) is 1.66. The second kappa shape index (κ2) is 18.3. The van der Waals surface area contributed by atoms with Crippen LogP contribution in [-0.2, 0) is 0 Å². The lowest BCUT2D eigenvalue weighted by Crippen LogP contribution is -2.29. The molecule has 0 heterocycles. The van der Waals surface area contributed by atoms with Gasteiger partial charge in [0.2, 0.25) is 0 Å². The van der Waals surface area contributed by atoms with E-state index in [4.69, 9.17) is 11.6 Å². The highest BCUT2D eigenvalue weighted by Crippen LogP contribution is 2.24. The molecule has 0 atom stereocenters. The van der Waals surface area contributed by atoms with Gasteiger partial charge in [-0.15, -0.1) is 0 Å². The molecule has 30 heavy (non-hydrogen) atoms. The molecular weight excluding hydrogens is 392 g/mol. The summed E-state index contributed by atoms with van der Waals surface area (Å²) in [5.74, 6) is 0. The Morgan fingerprint density at radius 2 is 1.43 bits per heavy atom. The van der Waals surface area contributed by atoms with E-state index in [0.717, 1.165) is 12.0 Å². The zero-order valence-electron chi connectivity index (χ0n) is 19.3. The maximum absolute atomic E-state index is 12.0. The van der Waals surface area contributed by atoms with Crippen molar-refractivity contribution in [1.82, 2.24) is 5.32 Å². The Labute approximate surface area is 190 Å². The number of aryl methyl sites for hydroxylation is 1. The van der Waals surface area contributed by atoms with Crippen molar-refractivity contribution in [2.75, 3.05) is 11.9 Å². The summed E-state index contributed by atoms with van der Waals surface area (Å²) in [6.45, 7) is 4.91. The zero-order chi connectivity index (χ0) is 21.9. The molecule has 1 aromatic carbocycles. The van der Waals surface area contributed by atoms with E-state index in [1.54, 1.807) is 6.07 Å². The van der Waals surface area contributed by atoms with E-state index in [-0.39, 0.29) is 6.03 Å². The molecule has 0 saturated heterocycles. The maximum atomic E-state index is 12.0. The second-order valence-electron chi connectivity index (χ2n) is 8.25. The fourth-order valence-corrected chi connectivity index (χ4v) is 3.79. The molecule has 2 amide bonds. The van der Waals surface area contributed by atoms with Crippen LogP contribution in [0.15, 0.2) is 30.4 Å². The molecule has 2 N–H and O–H groups in total. The molecule has 1 aromatic rings. The molecule has 0 spiro atoms. The highest BCUT2D eigenvalue weighted by atomic mass is 35.5. The van der Waals surface area contributed by atoms with Crippen LogP contribution in [0.5, 0.6) is 0 Å². The monoisotopic (exact) mass is 434 g/mol. The van der Waals surface area contributed by atoms with Crippen LogP contribution in [0.1, 0.15) is 102 Å². The molecule has 1 rings (SSSR count). The Morgan fingerprint density at radius 1 is 0.867 bits per heavy atom. The highest BCUT2D eigenvalue weighted by Gasteiger charge is 2.07. The lowest BCUT2D eigenvalue weighted by atomic mass is 10.1. The van der Waals surface area contributed by atoms with Crippen molar-refractivity contribution in [2.24, 2.45) is 0 Å². The molecular formula is C26H43ClN2O. The van der Waals surface area contributed by atoms with Crippen molar-refractivity contribution in [3.8, 4) is 0 Å². The SMILES string of the molecule is CCCCCCCCC=CCCCCCCCCNC(=O)Nc1c(C)cccc1Cl. The number of benzene rings is 1. The first-order valence-electron chi connectivity index (χ1n) is 12.1. The maximum Gasteiger partial charge on any atom is 0.319 e. The van der Waals surface area contributed by atoms with Gasteiger partial charge >= 0.3 is 6.03 Å². The molecule has 3 nitrogen and oxygen atoms in total. The summed E-state index contributed by atoms with van der Waals surface area (Å²) in [7, 11) is 0. The number of urea groups is 1. The fraction of sp³-hybridized carbons (Fsp3) is 0.654. The van der Waals surface area contributed by atoms with Crippen LogP contribution < -0.4 is 10.6 Å². The molecule has 0 aromatic heterocycles. The van der Waals surface area contributed by atoms with Crippen LogP contribution in [0.25, 0.3) is 0 Å². The molecule has 0 radical (unpaired) electrons. The third kappa shape index (κ3) is 13.7. The number of anilines is 1. The lowest BCUT2D eigenvalue weighted by Gasteiger charge is -2.11. The number of carbonyl (C=O) groups is 1. The number of halogens is 1. The molecule has 0 aliphatic carbocycles. The minimum atomic E-state index is -0.182. The summed E-state index contributed by atoms with van der Waals surface area (Å²) in [5, 5.41) is 6.33. The molecule has 0 aliphatic rings. The Kier molecular flexibility index (Phi) is 16.2. The van der Waals surface area contributed by atoms with Crippen molar-refractivity contribution in [3.05, 3.63) is 40.9 Å². The van der Waals surface area contributed by atoms with Crippen molar-refractivity contribution < 1.29 is 4.79 Å². The van der Waals surface area contributed by atoms with Gasteiger partial charge in [0.15, 0.2) is 0 Å². The quantitative estimate of drug-likeness (QED) is 0.186. The normalized spacial score (nSPS) is 11.2. The lowest BCUT2D eigenvalue weighted by molar-refractivity contribution is 0.252. The number of hydrogen-bond donors (Lipinski definition) is 2. The average Bonchev–Trinajstić information content (AvgIpc) is 2.73. The first-order chi connectivity index (χ1) is 14.6. The van der Waals surface area contributed by atoms with E-state index in [2.05, 4.69) is 29.7 Å². The summed E-state index contributed by atoms with van der Waals surface area (Å²) < 4.78 is 0. The third-order valence-corrected chi connectivity index (χ3v) is 5.75. The largest absolute Gasteiger partial charge is 0.338 e. The van der Waals surface area contributed by atoms with E-state index < -0.39 is 0 Å². The first-order valence-corrected chi connectivity index (χ1v) is 12.5. The summed E-state index contributed by atoms with van der Waals surface area (Å²) in [6, 6.07) is 5.43. The molecule has 0 unspecified atom stereocenters. The van der Waals surface area contributed by atoms with E-state index in [9.17, 15) is 4.79 Å². The smallest absolute Gasteiger partial charge is 0.319 e. The van der Waals surface area contributed by atoms with Gasteiger partial charge in [-0.25, -0.2) is 4.79 Å². The van der Waals surface area contributed by atoms with Gasteiger partial charge in [0.25, 0.3) is 0 Å². The molecule has 0 aliphatic heterocycles. The number of amides is 2. The predicted octanol–water partition coefficient (Wildman–Crippen LogP) is 8.81. The number of carbonyl (C=O) groups excluding carboxylic acids is 1. The summed E-state index contributed by atoms with van der Waals surface area (Å²) in [4.78, 5) is 12.0. The van der Waals surface area contributed by atoms with Gasteiger partial charge in [0.05, 0.1) is 10.7 Å². The molecule has 170 valence electrons. The van der Waals surface area contributed by atoms with Gasteiger partial charge in [-0.1, -0.05) is 101 Å². The third-order valence-electron chi connectivity index (χ3n) is 5.43. The topological polar surface area (TPSA) is 41.1 Å². The van der Waals surface area contributed by atoms with Crippen LogP contribution in [0.2, 0.25) is 5.02 Å². The fourth-order valence-electron chi connectivity index (χ4n) is 3.52. The van der Waals surface area contributed by atoms with E-state index in [0.29, 0.717) is 17.3 Å². The highest BCUT2D eigenvalue weighted by molar-refractivity contribution is 6.33. The number of allylic oxidation sites excluding steroid dienone is 2. The minimum absolute atomic E-state index is 0.182. The molecule has 4 heteroatoms. The number of rotatable bonds is 17. The van der Waals surface area contributed by atoms with Crippen molar-refractivity contribution >= 4 is 23.3 Å². The summed E-state index contributed by atoms with van der Waals surface area (Å²) in [6.07, 6.45) is 22.8. The Hall–Kier alpha value is -1.48. The van der Waals surface area contributed by atoms with Crippen molar-refractivity contribution in [1.29, 1.82) is 0 Å². The zero-order valence-corrected chi connectivity index (χ0v) is 20.0. The number of nitrogens with one attached hydrogen (secondary N) is 2. The van der Waals surface area contributed by atoms with Crippen molar-refractivity contribution in [2.45, 2.75) is 104 Å². The summed E-state index contributed by atoms with van der Waals surface area (Å²) >= 11 is 6.13. The van der Waals surface area contributed by atoms with Gasteiger partial charge < -0.3 is 10.6 Å². The van der Waals surface area contributed by atoms with E-state index >= 15 is 0 Å². The van der Waals surface area contributed by atoms with Crippen LogP contribution in [0.3, 0.4) is 0 Å². The van der Waals surface area contributed by atoms with Crippen molar-refractivity contribution in [3.63, 3.8) is 0 Å². The number of hydrogen-bond acceptors (Lipinski definition) is 1. The van der Waals surface area contributed by atoms with Gasteiger partial charge in [0.1, 0.15) is 0 Å². The predicted molar refractivity (Wildman–Crippen MR) is 133 cm³/mol. The standard InChI is InChI=1S/C26H43ClN2O/c1-3-4-5-6-7-8-9-10-11-12-13-14-15-16-17-18-22-28-26(30)29-25-23(2)20-19-21-24(25)27/h10-11,19-21H,3-9,12-18,22H2,1-2H3,(H2,28,29,30). The van der Waals surface area contributed by atoms with Gasteiger partial charge in [-0.2, -0.15) is 0 Å². The number of unbranched alkanes of at least 4 members (excludes halogenated alkanes) is 12. The van der Waals surface area contributed by atoms with Crippen LogP contribution in [0.4, 0.5) is 10.5 Å². The van der Waals surface area contributed by atoms with Crippen LogP contribution in [0, 0.1) is 6.92 Å². The first kappa shape index (κ1) is 26.6. The minimum Gasteiger partial charge on any atom is -0.338 e. The Morgan fingerprint density at radius 3 is 2.03 bits per heavy atom. The van der Waals surface area contributed by atoms with Gasteiger partial charge in [0, 0.05) is 6.54 Å². The van der Waals surface area contributed by atoms with Gasteiger partial charge in [-0.3, -0.25) is 0 Å². The molecule has 0 bridgehead atoms. The average molecular weight is 435 g/mol. The molecule has 0 fully saturated rings. The van der Waals surface area contributed by atoms with E-state index in [1.807, 2.05) is 19.1 Å². The second-order valence-corrected chi connectivity index (χ2v) is 8.66. The Balaban J connectivity index is 1.88. The Bertz CT molecular complexity index is 580. The molecule has 0 saturated carbocycles. The van der Waals surface area contributed by atoms with Crippen LogP contribution in [-0.4, -0.2) is 12.6 Å².